The second-order valence-electron chi connectivity index (χ2n) is 5.52. The maximum Gasteiger partial charge on any atom is 0.164 e. The quantitative estimate of drug-likeness (QED) is 0.838. The van der Waals surface area contributed by atoms with Crippen LogP contribution in [0, 0.1) is 0 Å². The van der Waals surface area contributed by atoms with Crippen molar-refractivity contribution in [2.45, 2.75) is 31.1 Å². The minimum absolute atomic E-state index is 0.365. The van der Waals surface area contributed by atoms with E-state index in [4.69, 9.17) is 14.2 Å². The Bertz CT molecular complexity index is 473. The van der Waals surface area contributed by atoms with Crippen LogP contribution in [0.4, 0.5) is 0 Å². The fraction of sp³-hybridized carbons (Fsp3) is 0.625. The summed E-state index contributed by atoms with van der Waals surface area (Å²) in [6.07, 6.45) is 2.61. The minimum Gasteiger partial charge on any atom is -0.496 e. The molecule has 2 rings (SSSR count). The van der Waals surface area contributed by atoms with E-state index in [1.807, 2.05) is 12.1 Å². The monoisotopic (exact) mass is 311 g/mol. The van der Waals surface area contributed by atoms with Gasteiger partial charge in [0, 0.05) is 29.5 Å². The summed E-state index contributed by atoms with van der Waals surface area (Å²) in [4.78, 5) is 0. The molecule has 21 heavy (non-hydrogen) atoms. The molecule has 1 fully saturated rings. The number of nitrogens with one attached hydrogen (secondary N) is 1. The lowest BCUT2D eigenvalue weighted by atomic mass is 10.1. The Kier molecular flexibility index (Phi) is 5.65. The fourth-order valence-electron chi connectivity index (χ4n) is 2.67. The molecule has 1 aliphatic heterocycles. The van der Waals surface area contributed by atoms with E-state index in [-0.39, 0.29) is 0 Å². The van der Waals surface area contributed by atoms with Crippen LogP contribution in [0.5, 0.6) is 17.2 Å². The van der Waals surface area contributed by atoms with Gasteiger partial charge in [-0.3, -0.25) is 0 Å². The maximum atomic E-state index is 5.45. The fourth-order valence-corrected chi connectivity index (χ4v) is 3.94. The van der Waals surface area contributed by atoms with Gasteiger partial charge >= 0.3 is 0 Å². The van der Waals surface area contributed by atoms with Crippen LogP contribution in [-0.2, 0) is 6.54 Å². The molecule has 0 saturated carbocycles. The Balaban J connectivity index is 2.04. The van der Waals surface area contributed by atoms with Crippen LogP contribution in [0.15, 0.2) is 12.1 Å². The SMILES string of the molecule is COc1cc(OC)c(OC)cc1CNCC1(C)CCCS1. The van der Waals surface area contributed by atoms with Crippen molar-refractivity contribution in [3.8, 4) is 17.2 Å². The molecule has 1 aromatic carbocycles. The first-order valence-corrected chi connectivity index (χ1v) is 8.24. The second kappa shape index (κ2) is 7.27. The minimum atomic E-state index is 0.365. The molecule has 1 saturated heterocycles. The Labute approximate surface area is 131 Å². The van der Waals surface area contributed by atoms with Crippen molar-refractivity contribution < 1.29 is 14.2 Å². The van der Waals surface area contributed by atoms with E-state index in [1.165, 1.54) is 18.6 Å². The highest BCUT2D eigenvalue weighted by molar-refractivity contribution is 8.00. The van der Waals surface area contributed by atoms with Crippen LogP contribution >= 0.6 is 11.8 Å². The number of hydrogen-bond acceptors (Lipinski definition) is 5. The first kappa shape index (κ1) is 16.3. The second-order valence-corrected chi connectivity index (χ2v) is 7.21. The molecular weight excluding hydrogens is 286 g/mol. The van der Waals surface area contributed by atoms with Gasteiger partial charge in [0.15, 0.2) is 11.5 Å². The molecule has 0 amide bonds. The highest BCUT2D eigenvalue weighted by Gasteiger charge is 2.28. The molecule has 1 atom stereocenters. The van der Waals surface area contributed by atoms with E-state index < -0.39 is 0 Å². The number of hydrogen-bond donors (Lipinski definition) is 1. The smallest absolute Gasteiger partial charge is 0.164 e. The average Bonchev–Trinajstić information content (AvgIpc) is 2.93. The van der Waals surface area contributed by atoms with Gasteiger partial charge in [0.05, 0.1) is 21.3 Å². The van der Waals surface area contributed by atoms with Crippen LogP contribution in [0.25, 0.3) is 0 Å². The summed E-state index contributed by atoms with van der Waals surface area (Å²) in [6, 6.07) is 3.86. The lowest BCUT2D eigenvalue weighted by Crippen LogP contribution is -2.32. The summed E-state index contributed by atoms with van der Waals surface area (Å²) in [7, 11) is 4.96. The molecule has 118 valence electrons. The Hall–Kier alpha value is -1.07. The Morgan fingerprint density at radius 1 is 1.10 bits per heavy atom. The molecule has 0 aliphatic carbocycles. The summed E-state index contributed by atoms with van der Waals surface area (Å²) in [5, 5.41) is 3.55. The lowest BCUT2D eigenvalue weighted by molar-refractivity contribution is 0.347. The van der Waals surface area contributed by atoms with Crippen molar-refractivity contribution >= 4 is 11.8 Å². The summed E-state index contributed by atoms with van der Waals surface area (Å²) in [6.45, 7) is 4.11. The van der Waals surface area contributed by atoms with Gasteiger partial charge in [-0.2, -0.15) is 11.8 Å². The maximum absolute atomic E-state index is 5.45. The zero-order valence-electron chi connectivity index (χ0n) is 13.3. The third-order valence-electron chi connectivity index (χ3n) is 3.90. The standard InChI is InChI=1S/C16H25NO3S/c1-16(6-5-7-21-16)11-17-10-12-8-14(19-3)15(20-4)9-13(12)18-2/h8-9,17H,5-7,10-11H2,1-4H3. The van der Waals surface area contributed by atoms with Gasteiger partial charge in [-0.1, -0.05) is 0 Å². The van der Waals surface area contributed by atoms with Gasteiger partial charge in [-0.05, 0) is 31.6 Å². The molecule has 1 unspecified atom stereocenters. The molecule has 0 bridgehead atoms. The summed E-state index contributed by atoms with van der Waals surface area (Å²) in [5.41, 5.74) is 1.08. The highest BCUT2D eigenvalue weighted by Crippen LogP contribution is 2.37. The number of thioether (sulfide) groups is 1. The van der Waals surface area contributed by atoms with Gasteiger partial charge < -0.3 is 19.5 Å². The summed E-state index contributed by atoms with van der Waals surface area (Å²) in [5.74, 6) is 3.52. The van der Waals surface area contributed by atoms with E-state index in [1.54, 1.807) is 21.3 Å². The van der Waals surface area contributed by atoms with Crippen molar-refractivity contribution in [3.05, 3.63) is 17.7 Å². The number of methoxy groups -OCH3 is 3. The van der Waals surface area contributed by atoms with Crippen LogP contribution in [-0.4, -0.2) is 38.4 Å². The van der Waals surface area contributed by atoms with E-state index in [0.29, 0.717) is 10.5 Å². The highest BCUT2D eigenvalue weighted by atomic mass is 32.2. The van der Waals surface area contributed by atoms with E-state index in [2.05, 4.69) is 24.0 Å². The Morgan fingerprint density at radius 3 is 2.33 bits per heavy atom. The van der Waals surface area contributed by atoms with Gasteiger partial charge in [0.25, 0.3) is 0 Å². The molecule has 5 heteroatoms. The van der Waals surface area contributed by atoms with Gasteiger partial charge in [0.2, 0.25) is 0 Å². The topological polar surface area (TPSA) is 39.7 Å². The van der Waals surface area contributed by atoms with Gasteiger partial charge in [-0.15, -0.1) is 0 Å². The predicted octanol–water partition coefficient (Wildman–Crippen LogP) is 3.09. The molecule has 1 N–H and O–H groups in total. The zero-order valence-corrected chi connectivity index (χ0v) is 14.1. The number of benzene rings is 1. The van der Waals surface area contributed by atoms with E-state index in [9.17, 15) is 0 Å². The molecule has 1 aromatic rings. The van der Waals surface area contributed by atoms with Crippen molar-refractivity contribution in [1.82, 2.24) is 5.32 Å². The van der Waals surface area contributed by atoms with E-state index in [0.717, 1.165) is 30.2 Å². The molecule has 0 aromatic heterocycles. The number of rotatable bonds is 7. The van der Waals surface area contributed by atoms with Crippen LogP contribution in [0.1, 0.15) is 25.3 Å². The van der Waals surface area contributed by atoms with Crippen molar-refractivity contribution in [2.24, 2.45) is 0 Å². The third kappa shape index (κ3) is 3.98. The molecule has 1 heterocycles. The summed E-state index contributed by atoms with van der Waals surface area (Å²) >= 11 is 2.07. The largest absolute Gasteiger partial charge is 0.496 e. The Morgan fingerprint density at radius 2 is 1.76 bits per heavy atom. The zero-order chi connectivity index (χ0) is 15.3. The van der Waals surface area contributed by atoms with E-state index >= 15 is 0 Å². The van der Waals surface area contributed by atoms with Crippen molar-refractivity contribution in [1.29, 1.82) is 0 Å². The molecule has 1 aliphatic rings. The van der Waals surface area contributed by atoms with Crippen LogP contribution < -0.4 is 19.5 Å². The first-order chi connectivity index (χ1) is 10.1. The van der Waals surface area contributed by atoms with Crippen LogP contribution in [0.3, 0.4) is 0 Å². The number of ether oxygens (including phenoxy) is 3. The van der Waals surface area contributed by atoms with Gasteiger partial charge in [-0.25, -0.2) is 0 Å². The predicted molar refractivity (Wildman–Crippen MR) is 87.9 cm³/mol. The first-order valence-electron chi connectivity index (χ1n) is 7.25. The third-order valence-corrected chi connectivity index (χ3v) is 5.44. The van der Waals surface area contributed by atoms with Gasteiger partial charge in [0.1, 0.15) is 5.75 Å². The average molecular weight is 311 g/mol. The van der Waals surface area contributed by atoms with Crippen LogP contribution in [0.2, 0.25) is 0 Å². The van der Waals surface area contributed by atoms with Crippen molar-refractivity contribution in [2.75, 3.05) is 33.6 Å². The molecular formula is C16H25NO3S. The molecule has 0 radical (unpaired) electrons. The van der Waals surface area contributed by atoms with Crippen molar-refractivity contribution in [3.63, 3.8) is 0 Å². The molecule has 0 spiro atoms. The normalized spacial score (nSPS) is 21.3. The lowest BCUT2D eigenvalue weighted by Gasteiger charge is -2.23. The summed E-state index contributed by atoms with van der Waals surface area (Å²) < 4.78 is 16.5. The molecule has 4 nitrogen and oxygen atoms in total.